The second-order valence-electron chi connectivity index (χ2n) is 6.01. The van der Waals surface area contributed by atoms with Crippen molar-refractivity contribution in [2.45, 2.75) is 18.9 Å². The Balaban J connectivity index is 1.80. The summed E-state index contributed by atoms with van der Waals surface area (Å²) in [6, 6.07) is 8.70. The zero-order valence-electron chi connectivity index (χ0n) is 14.5. The summed E-state index contributed by atoms with van der Waals surface area (Å²) in [5, 5.41) is 13.5. The van der Waals surface area contributed by atoms with Gasteiger partial charge in [0.1, 0.15) is 12.3 Å². The quantitative estimate of drug-likeness (QED) is 0.842. The molecule has 0 aliphatic carbocycles. The van der Waals surface area contributed by atoms with E-state index in [1.807, 2.05) is 12.1 Å². The zero-order valence-corrected chi connectivity index (χ0v) is 14.5. The molecule has 0 unspecified atom stereocenters. The molecule has 3 rings (SSSR count). The molecule has 1 aromatic carbocycles. The third-order valence-electron chi connectivity index (χ3n) is 4.34. The Morgan fingerprint density at radius 2 is 1.96 bits per heavy atom. The smallest absolute Gasteiger partial charge is 0.323 e. The van der Waals surface area contributed by atoms with Gasteiger partial charge in [0.25, 0.3) is 5.91 Å². The van der Waals surface area contributed by atoms with Crippen LogP contribution in [0.5, 0.6) is 5.75 Å². The molecule has 0 atom stereocenters. The summed E-state index contributed by atoms with van der Waals surface area (Å²) >= 11 is 0. The Morgan fingerprint density at radius 3 is 2.58 bits per heavy atom. The standard InChI is InChI=1S/C18H21N3O5/c1-25-15-4-2-14(3-5-15)21-9-6-16(19-21)18(24)20(12-17(22)23)13-7-10-26-11-8-13/h2-6,9,13H,7-8,10-12H2,1H3,(H,22,23). The van der Waals surface area contributed by atoms with Crippen molar-refractivity contribution in [3.63, 3.8) is 0 Å². The lowest BCUT2D eigenvalue weighted by Gasteiger charge is -2.32. The van der Waals surface area contributed by atoms with E-state index in [0.717, 1.165) is 11.4 Å². The molecular formula is C18H21N3O5. The number of carbonyl (C=O) groups is 2. The number of amides is 1. The topological polar surface area (TPSA) is 93.9 Å². The number of rotatable bonds is 6. The Morgan fingerprint density at radius 1 is 1.27 bits per heavy atom. The van der Waals surface area contributed by atoms with Crippen LogP contribution in [0, 0.1) is 0 Å². The number of methoxy groups -OCH3 is 1. The van der Waals surface area contributed by atoms with Crippen LogP contribution in [0.25, 0.3) is 5.69 Å². The molecule has 2 heterocycles. The predicted octanol–water partition coefficient (Wildman–Crippen LogP) is 1.59. The number of carboxylic acids is 1. The van der Waals surface area contributed by atoms with E-state index in [4.69, 9.17) is 9.47 Å². The van der Waals surface area contributed by atoms with E-state index in [1.165, 1.54) is 4.90 Å². The van der Waals surface area contributed by atoms with Gasteiger partial charge in [0.15, 0.2) is 5.69 Å². The molecule has 0 spiro atoms. The molecule has 8 heteroatoms. The van der Waals surface area contributed by atoms with Crippen molar-refractivity contribution in [2.24, 2.45) is 0 Å². The van der Waals surface area contributed by atoms with Gasteiger partial charge in [0.2, 0.25) is 0 Å². The van der Waals surface area contributed by atoms with Crippen molar-refractivity contribution >= 4 is 11.9 Å². The number of aromatic nitrogens is 2. The first kappa shape index (κ1) is 17.9. The minimum atomic E-state index is -1.04. The van der Waals surface area contributed by atoms with Crippen molar-refractivity contribution in [1.82, 2.24) is 14.7 Å². The fourth-order valence-electron chi connectivity index (χ4n) is 2.97. The van der Waals surface area contributed by atoms with E-state index < -0.39 is 5.97 Å². The first-order valence-corrected chi connectivity index (χ1v) is 8.39. The van der Waals surface area contributed by atoms with Crippen LogP contribution in [0.1, 0.15) is 23.3 Å². The summed E-state index contributed by atoms with van der Waals surface area (Å²) in [5.41, 5.74) is 0.995. The summed E-state index contributed by atoms with van der Waals surface area (Å²) < 4.78 is 12.0. The number of hydrogen-bond donors (Lipinski definition) is 1. The summed E-state index contributed by atoms with van der Waals surface area (Å²) in [4.78, 5) is 25.4. The van der Waals surface area contributed by atoms with Crippen molar-refractivity contribution in [3.8, 4) is 11.4 Å². The SMILES string of the molecule is COc1ccc(-n2ccc(C(=O)N(CC(=O)O)C3CCOCC3)n2)cc1. The second kappa shape index (κ2) is 8.01. The lowest BCUT2D eigenvalue weighted by atomic mass is 10.1. The van der Waals surface area contributed by atoms with Crippen molar-refractivity contribution < 1.29 is 24.2 Å². The number of hydrogen-bond acceptors (Lipinski definition) is 5. The van der Waals surface area contributed by atoms with E-state index in [9.17, 15) is 14.7 Å². The first-order valence-electron chi connectivity index (χ1n) is 8.39. The van der Waals surface area contributed by atoms with Crippen molar-refractivity contribution in [3.05, 3.63) is 42.2 Å². The minimum Gasteiger partial charge on any atom is -0.497 e. The third-order valence-corrected chi connectivity index (χ3v) is 4.34. The van der Waals surface area contributed by atoms with Crippen LogP contribution in [0.3, 0.4) is 0 Å². The molecule has 1 N–H and O–H groups in total. The molecule has 0 saturated carbocycles. The van der Waals surface area contributed by atoms with Crippen LogP contribution in [-0.2, 0) is 9.53 Å². The Kier molecular flexibility index (Phi) is 5.52. The Hall–Kier alpha value is -2.87. The van der Waals surface area contributed by atoms with Gasteiger partial charge in [-0.05, 0) is 43.2 Å². The van der Waals surface area contributed by atoms with Gasteiger partial charge in [-0.25, -0.2) is 4.68 Å². The van der Waals surface area contributed by atoms with Gasteiger partial charge in [-0.2, -0.15) is 5.10 Å². The van der Waals surface area contributed by atoms with E-state index in [0.29, 0.717) is 26.1 Å². The van der Waals surface area contributed by atoms with Gasteiger partial charge in [-0.15, -0.1) is 0 Å². The zero-order chi connectivity index (χ0) is 18.5. The molecule has 1 amide bonds. The van der Waals surface area contributed by atoms with Crippen LogP contribution in [-0.4, -0.2) is 64.6 Å². The monoisotopic (exact) mass is 359 g/mol. The van der Waals surface area contributed by atoms with Gasteiger partial charge >= 0.3 is 5.97 Å². The number of carboxylic acid groups (broad SMARTS) is 1. The highest BCUT2D eigenvalue weighted by Gasteiger charge is 2.29. The maximum atomic E-state index is 12.9. The van der Waals surface area contributed by atoms with Crippen molar-refractivity contribution in [2.75, 3.05) is 26.9 Å². The number of ether oxygens (including phenoxy) is 2. The molecule has 1 fully saturated rings. The van der Waals surface area contributed by atoms with Crippen molar-refractivity contribution in [1.29, 1.82) is 0 Å². The van der Waals surface area contributed by atoms with Gasteiger partial charge in [0.05, 0.1) is 12.8 Å². The summed E-state index contributed by atoms with van der Waals surface area (Å²) in [6.45, 7) is 0.696. The second-order valence-corrected chi connectivity index (χ2v) is 6.01. The van der Waals surface area contributed by atoms with Gasteiger partial charge < -0.3 is 19.5 Å². The minimum absolute atomic E-state index is 0.154. The average Bonchev–Trinajstić information content (AvgIpc) is 3.16. The van der Waals surface area contributed by atoms with Gasteiger partial charge in [-0.3, -0.25) is 9.59 Å². The van der Waals surface area contributed by atoms with Gasteiger partial charge in [-0.1, -0.05) is 0 Å². The van der Waals surface area contributed by atoms with E-state index in [1.54, 1.807) is 36.2 Å². The number of benzene rings is 1. The normalized spacial score (nSPS) is 14.8. The molecule has 1 aliphatic heterocycles. The summed E-state index contributed by atoms with van der Waals surface area (Å²) in [6.07, 6.45) is 2.92. The van der Waals surface area contributed by atoms with Crippen LogP contribution in [0.2, 0.25) is 0 Å². The number of nitrogens with zero attached hydrogens (tertiary/aromatic N) is 3. The lowest BCUT2D eigenvalue weighted by Crippen LogP contribution is -2.46. The highest BCUT2D eigenvalue weighted by atomic mass is 16.5. The molecule has 26 heavy (non-hydrogen) atoms. The average molecular weight is 359 g/mol. The highest BCUT2D eigenvalue weighted by molar-refractivity contribution is 5.94. The molecule has 1 aromatic heterocycles. The summed E-state index contributed by atoms with van der Waals surface area (Å²) in [5.74, 6) is -0.699. The fourth-order valence-corrected chi connectivity index (χ4v) is 2.97. The molecular weight excluding hydrogens is 338 g/mol. The van der Waals surface area contributed by atoms with Crippen LogP contribution in [0.15, 0.2) is 36.5 Å². The van der Waals surface area contributed by atoms with Gasteiger partial charge in [0, 0.05) is 25.5 Å². The van der Waals surface area contributed by atoms with E-state index in [2.05, 4.69) is 5.10 Å². The molecule has 1 aliphatic rings. The molecule has 8 nitrogen and oxygen atoms in total. The molecule has 138 valence electrons. The van der Waals surface area contributed by atoms with E-state index in [-0.39, 0.29) is 24.2 Å². The molecule has 1 saturated heterocycles. The lowest BCUT2D eigenvalue weighted by molar-refractivity contribution is -0.138. The summed E-state index contributed by atoms with van der Waals surface area (Å²) in [7, 11) is 1.59. The third kappa shape index (κ3) is 4.02. The fraction of sp³-hybridized carbons (Fsp3) is 0.389. The Labute approximate surface area is 150 Å². The molecule has 2 aromatic rings. The predicted molar refractivity (Wildman–Crippen MR) is 92.6 cm³/mol. The number of carbonyl (C=O) groups excluding carboxylic acids is 1. The van der Waals surface area contributed by atoms with Crippen LogP contribution < -0.4 is 4.74 Å². The molecule has 0 bridgehead atoms. The van der Waals surface area contributed by atoms with E-state index >= 15 is 0 Å². The van der Waals surface area contributed by atoms with Crippen LogP contribution >= 0.6 is 0 Å². The highest BCUT2D eigenvalue weighted by Crippen LogP contribution is 2.18. The largest absolute Gasteiger partial charge is 0.497 e. The number of aliphatic carboxylic acids is 1. The van der Waals surface area contributed by atoms with Crippen LogP contribution in [0.4, 0.5) is 0 Å². The maximum Gasteiger partial charge on any atom is 0.323 e. The molecule has 0 radical (unpaired) electrons. The first-order chi connectivity index (χ1) is 12.6. The Bertz CT molecular complexity index is 765. The maximum absolute atomic E-state index is 12.9.